The van der Waals surface area contributed by atoms with Gasteiger partial charge in [0, 0.05) is 23.7 Å². The lowest BCUT2D eigenvalue weighted by Gasteiger charge is -2.14. The van der Waals surface area contributed by atoms with Gasteiger partial charge in [0.05, 0.1) is 12.7 Å². The molecule has 0 aliphatic carbocycles. The van der Waals surface area contributed by atoms with E-state index in [1.54, 1.807) is 42.5 Å². The summed E-state index contributed by atoms with van der Waals surface area (Å²) < 4.78 is 20.4. The first-order chi connectivity index (χ1) is 11.6. The van der Waals surface area contributed by atoms with Crippen LogP contribution in [0.2, 0.25) is 5.02 Å². The number of ether oxygens (including phenoxy) is 1. The maximum Gasteiger partial charge on any atom is 0.210 e. The fraction of sp³-hybridized carbons (Fsp3) is 0.105. The third-order valence-electron chi connectivity index (χ3n) is 3.72. The van der Waals surface area contributed by atoms with Crippen molar-refractivity contribution in [2.75, 3.05) is 7.11 Å². The zero-order valence-electron chi connectivity index (χ0n) is 13.0. The van der Waals surface area contributed by atoms with Crippen molar-refractivity contribution in [3.05, 3.63) is 76.7 Å². The number of hydrogen-bond acceptors (Lipinski definition) is 3. The van der Waals surface area contributed by atoms with E-state index in [-0.39, 0.29) is 11.7 Å². The molecule has 0 radical (unpaired) electrons. The quantitative estimate of drug-likeness (QED) is 0.736. The lowest BCUT2D eigenvalue weighted by molar-refractivity contribution is 0.413. The molecule has 1 N–H and O–H groups in total. The van der Waals surface area contributed by atoms with E-state index in [1.165, 1.54) is 19.4 Å². The van der Waals surface area contributed by atoms with Crippen molar-refractivity contribution in [2.24, 2.45) is 0 Å². The highest BCUT2D eigenvalue weighted by atomic mass is 35.5. The molecule has 0 spiro atoms. The molecule has 0 atom stereocenters. The number of rotatable bonds is 4. The molecular weight excluding hydrogens is 329 g/mol. The van der Waals surface area contributed by atoms with E-state index in [0.29, 0.717) is 33.9 Å². The van der Waals surface area contributed by atoms with Crippen LogP contribution in [0.1, 0.15) is 11.1 Å². The largest absolute Gasteiger partial charge is 0.496 e. The fourth-order valence-electron chi connectivity index (χ4n) is 2.56. The number of hydrogen-bond donors (Lipinski definition) is 1. The lowest BCUT2D eigenvalue weighted by atomic mass is 9.97. The van der Waals surface area contributed by atoms with Crippen LogP contribution in [-0.4, -0.2) is 17.2 Å². The Morgan fingerprint density at radius 3 is 2.67 bits per heavy atom. The van der Waals surface area contributed by atoms with Crippen molar-refractivity contribution in [2.45, 2.75) is 6.42 Å². The van der Waals surface area contributed by atoms with Gasteiger partial charge >= 0.3 is 0 Å². The standard InChI is InChI=1S/C19H15ClFNO2/c1-24-16-7-6-14(9-12-5-8-17(23)22-11-12)19(21)18(16)13-3-2-4-15(20)10-13/h2-8,10-11H,9H2,1H3,(H,22,23). The predicted molar refractivity (Wildman–Crippen MR) is 92.1 cm³/mol. The summed E-state index contributed by atoms with van der Waals surface area (Å²) in [4.78, 5) is 3.82. The van der Waals surface area contributed by atoms with Gasteiger partial charge in [-0.1, -0.05) is 35.9 Å². The van der Waals surface area contributed by atoms with Crippen LogP contribution < -0.4 is 4.74 Å². The second kappa shape index (κ2) is 6.89. The summed E-state index contributed by atoms with van der Waals surface area (Å²) in [7, 11) is 1.51. The smallest absolute Gasteiger partial charge is 0.210 e. The molecule has 0 unspecified atom stereocenters. The molecule has 0 bridgehead atoms. The summed E-state index contributed by atoms with van der Waals surface area (Å²) >= 11 is 6.03. The molecule has 3 nitrogen and oxygen atoms in total. The monoisotopic (exact) mass is 343 g/mol. The second-order valence-corrected chi connectivity index (χ2v) is 5.76. The molecule has 3 rings (SSSR count). The van der Waals surface area contributed by atoms with Crippen molar-refractivity contribution in [3.8, 4) is 22.8 Å². The molecule has 5 heteroatoms. The molecule has 1 aromatic heterocycles. The number of benzene rings is 2. The van der Waals surface area contributed by atoms with Crippen molar-refractivity contribution < 1.29 is 14.2 Å². The van der Waals surface area contributed by atoms with Crippen LogP contribution >= 0.6 is 11.6 Å². The van der Waals surface area contributed by atoms with Gasteiger partial charge in [0.15, 0.2) is 0 Å². The maximum absolute atomic E-state index is 15.1. The molecule has 0 saturated carbocycles. The first-order valence-corrected chi connectivity index (χ1v) is 7.71. The van der Waals surface area contributed by atoms with Gasteiger partial charge in [-0.15, -0.1) is 0 Å². The number of aromatic hydroxyl groups is 1. The van der Waals surface area contributed by atoms with Gasteiger partial charge in [-0.3, -0.25) is 0 Å². The van der Waals surface area contributed by atoms with Crippen molar-refractivity contribution in [1.82, 2.24) is 4.98 Å². The van der Waals surface area contributed by atoms with Crippen LogP contribution in [0.5, 0.6) is 11.6 Å². The molecule has 2 aromatic carbocycles. The number of nitrogens with zero attached hydrogens (tertiary/aromatic N) is 1. The highest BCUT2D eigenvalue weighted by Gasteiger charge is 2.16. The van der Waals surface area contributed by atoms with Crippen molar-refractivity contribution in [3.63, 3.8) is 0 Å². The third kappa shape index (κ3) is 3.34. The Hall–Kier alpha value is -2.59. The zero-order chi connectivity index (χ0) is 17.1. The van der Waals surface area contributed by atoms with Crippen LogP contribution in [-0.2, 0) is 6.42 Å². The van der Waals surface area contributed by atoms with E-state index < -0.39 is 0 Å². The highest BCUT2D eigenvalue weighted by Crippen LogP contribution is 2.36. The van der Waals surface area contributed by atoms with Gasteiger partial charge in [-0.2, -0.15) is 0 Å². The molecule has 0 amide bonds. The van der Waals surface area contributed by atoms with Crippen molar-refractivity contribution in [1.29, 1.82) is 0 Å². The van der Waals surface area contributed by atoms with E-state index in [0.717, 1.165) is 5.56 Å². The SMILES string of the molecule is COc1ccc(Cc2ccc(O)nc2)c(F)c1-c1cccc(Cl)c1. The average molecular weight is 344 g/mol. The molecule has 0 aliphatic heterocycles. The topological polar surface area (TPSA) is 42.4 Å². The molecule has 1 heterocycles. The van der Waals surface area contributed by atoms with Crippen molar-refractivity contribution >= 4 is 11.6 Å². The predicted octanol–water partition coefficient (Wildman–Crippen LogP) is 4.85. The van der Waals surface area contributed by atoms with E-state index in [4.69, 9.17) is 16.3 Å². The normalized spacial score (nSPS) is 10.6. The van der Waals surface area contributed by atoms with Crippen LogP contribution in [0.15, 0.2) is 54.7 Å². The van der Waals surface area contributed by atoms with Gasteiger partial charge in [0.2, 0.25) is 5.88 Å². The Labute approximate surface area is 144 Å². The second-order valence-electron chi connectivity index (χ2n) is 5.33. The van der Waals surface area contributed by atoms with Crippen LogP contribution in [0.4, 0.5) is 4.39 Å². The molecular formula is C19H15ClFNO2. The Morgan fingerprint density at radius 2 is 2.00 bits per heavy atom. The molecule has 0 aliphatic rings. The summed E-state index contributed by atoms with van der Waals surface area (Å²) in [6.07, 6.45) is 1.88. The Balaban J connectivity index is 2.06. The van der Waals surface area contributed by atoms with Crippen LogP contribution in [0.3, 0.4) is 0 Å². The number of pyridine rings is 1. The van der Waals surface area contributed by atoms with E-state index in [9.17, 15) is 5.11 Å². The van der Waals surface area contributed by atoms with Crippen LogP contribution in [0.25, 0.3) is 11.1 Å². The Bertz CT molecular complexity index is 866. The summed E-state index contributed by atoms with van der Waals surface area (Å²) in [5, 5.41) is 9.78. The molecule has 24 heavy (non-hydrogen) atoms. The third-order valence-corrected chi connectivity index (χ3v) is 3.96. The van der Waals surface area contributed by atoms with Gasteiger partial charge in [-0.25, -0.2) is 9.37 Å². The van der Waals surface area contributed by atoms with E-state index in [2.05, 4.69) is 4.98 Å². The molecule has 0 fully saturated rings. The minimum absolute atomic E-state index is 0.0615. The number of halogens is 2. The fourth-order valence-corrected chi connectivity index (χ4v) is 2.75. The van der Waals surface area contributed by atoms with Gasteiger partial charge in [0.25, 0.3) is 0 Å². The summed E-state index contributed by atoms with van der Waals surface area (Å²) in [6, 6.07) is 13.6. The van der Waals surface area contributed by atoms with Gasteiger partial charge in [0.1, 0.15) is 11.6 Å². The van der Waals surface area contributed by atoms with E-state index >= 15 is 4.39 Å². The van der Waals surface area contributed by atoms with Gasteiger partial charge < -0.3 is 9.84 Å². The van der Waals surface area contributed by atoms with Crippen LogP contribution in [0, 0.1) is 5.82 Å². The molecule has 122 valence electrons. The first-order valence-electron chi connectivity index (χ1n) is 7.33. The minimum Gasteiger partial charge on any atom is -0.496 e. The molecule has 3 aromatic rings. The maximum atomic E-state index is 15.1. The van der Waals surface area contributed by atoms with E-state index in [1.807, 2.05) is 0 Å². The minimum atomic E-state index is -0.357. The molecule has 0 saturated heterocycles. The van der Waals surface area contributed by atoms with Gasteiger partial charge in [-0.05, 0) is 34.9 Å². The summed E-state index contributed by atoms with van der Waals surface area (Å²) in [5.74, 6) is 0.0283. The zero-order valence-corrected chi connectivity index (χ0v) is 13.7. The Morgan fingerprint density at radius 1 is 1.17 bits per heavy atom. The average Bonchev–Trinajstić information content (AvgIpc) is 2.58. The number of aromatic nitrogens is 1. The first kappa shape index (κ1) is 16.3. The summed E-state index contributed by atoms with van der Waals surface area (Å²) in [6.45, 7) is 0. The summed E-state index contributed by atoms with van der Waals surface area (Å²) in [5.41, 5.74) is 2.35. The highest BCUT2D eigenvalue weighted by molar-refractivity contribution is 6.30. The Kier molecular flexibility index (Phi) is 4.67. The lowest BCUT2D eigenvalue weighted by Crippen LogP contribution is -1.99. The number of methoxy groups -OCH3 is 1.